The van der Waals surface area contributed by atoms with Crippen LogP contribution in [0, 0.1) is 6.92 Å². The first-order valence-electron chi connectivity index (χ1n) is 2.83. The van der Waals surface area contributed by atoms with E-state index in [9.17, 15) is 0 Å². The van der Waals surface area contributed by atoms with Crippen molar-refractivity contribution in [1.82, 2.24) is 0 Å². The first-order chi connectivity index (χ1) is 4.63. The second-order valence-corrected chi connectivity index (χ2v) is 3.48. The van der Waals surface area contributed by atoms with Crippen molar-refractivity contribution in [2.45, 2.75) is 21.6 Å². The predicted molar refractivity (Wildman–Crippen MR) is 52.9 cm³/mol. The SMILES string of the molecule is Cc1ccc(S)c(S)c1S. The first-order valence-corrected chi connectivity index (χ1v) is 4.17. The number of rotatable bonds is 0. The van der Waals surface area contributed by atoms with Gasteiger partial charge in [0.1, 0.15) is 0 Å². The van der Waals surface area contributed by atoms with Gasteiger partial charge < -0.3 is 0 Å². The lowest BCUT2D eigenvalue weighted by molar-refractivity contribution is 1.09. The molecular formula is C7H8S3. The molecule has 0 unspecified atom stereocenters. The normalized spacial score (nSPS) is 10.0. The highest BCUT2D eigenvalue weighted by Gasteiger charge is 2.00. The van der Waals surface area contributed by atoms with Gasteiger partial charge in [0.05, 0.1) is 0 Å². The van der Waals surface area contributed by atoms with Gasteiger partial charge in [0.2, 0.25) is 0 Å². The van der Waals surface area contributed by atoms with Gasteiger partial charge in [-0.1, -0.05) is 6.07 Å². The molecule has 0 aromatic heterocycles. The fourth-order valence-electron chi connectivity index (χ4n) is 0.670. The summed E-state index contributed by atoms with van der Waals surface area (Å²) < 4.78 is 0. The van der Waals surface area contributed by atoms with Crippen LogP contribution >= 0.6 is 37.9 Å². The molecule has 0 nitrogen and oxygen atoms in total. The molecule has 54 valence electrons. The minimum Gasteiger partial charge on any atom is -0.142 e. The summed E-state index contributed by atoms with van der Waals surface area (Å²) in [7, 11) is 0. The molecule has 0 aliphatic rings. The molecule has 0 fully saturated rings. The van der Waals surface area contributed by atoms with Crippen LogP contribution in [0.2, 0.25) is 0 Å². The second-order valence-electron chi connectivity index (χ2n) is 2.10. The molecule has 0 N–H and O–H groups in total. The van der Waals surface area contributed by atoms with Gasteiger partial charge in [-0.3, -0.25) is 0 Å². The molecule has 0 saturated carbocycles. The van der Waals surface area contributed by atoms with Gasteiger partial charge in [-0.05, 0) is 18.6 Å². The average Bonchev–Trinajstić information content (AvgIpc) is 1.93. The average molecular weight is 188 g/mol. The van der Waals surface area contributed by atoms with Gasteiger partial charge in [-0.15, -0.1) is 37.9 Å². The topological polar surface area (TPSA) is 0 Å². The van der Waals surface area contributed by atoms with E-state index in [1.165, 1.54) is 0 Å². The molecule has 1 aromatic carbocycles. The van der Waals surface area contributed by atoms with Crippen molar-refractivity contribution < 1.29 is 0 Å². The molecule has 0 aliphatic heterocycles. The van der Waals surface area contributed by atoms with E-state index in [1.54, 1.807) is 0 Å². The molecular weight excluding hydrogens is 180 g/mol. The third kappa shape index (κ3) is 1.47. The zero-order chi connectivity index (χ0) is 7.72. The zero-order valence-electron chi connectivity index (χ0n) is 5.50. The molecule has 0 bridgehead atoms. The predicted octanol–water partition coefficient (Wildman–Crippen LogP) is 2.86. The summed E-state index contributed by atoms with van der Waals surface area (Å²) in [4.78, 5) is 2.64. The second kappa shape index (κ2) is 3.11. The van der Waals surface area contributed by atoms with Crippen molar-refractivity contribution in [2.75, 3.05) is 0 Å². The molecule has 1 aromatic rings. The van der Waals surface area contributed by atoms with Gasteiger partial charge >= 0.3 is 0 Å². The van der Waals surface area contributed by atoms with Crippen molar-refractivity contribution in [3.05, 3.63) is 17.7 Å². The van der Waals surface area contributed by atoms with Gasteiger partial charge in [0, 0.05) is 14.7 Å². The molecule has 0 amide bonds. The highest BCUT2D eigenvalue weighted by Crippen LogP contribution is 2.27. The maximum Gasteiger partial charge on any atom is 0.0310 e. The van der Waals surface area contributed by atoms with E-state index >= 15 is 0 Å². The lowest BCUT2D eigenvalue weighted by Gasteiger charge is -2.03. The van der Waals surface area contributed by atoms with Gasteiger partial charge in [-0.25, -0.2) is 0 Å². The highest BCUT2D eigenvalue weighted by molar-refractivity contribution is 7.85. The largest absolute Gasteiger partial charge is 0.142 e. The highest BCUT2D eigenvalue weighted by atomic mass is 32.1. The van der Waals surface area contributed by atoms with Gasteiger partial charge in [-0.2, -0.15) is 0 Å². The molecule has 0 atom stereocenters. The standard InChI is InChI=1S/C7H8S3/c1-4-2-3-5(8)7(10)6(4)9/h2-3,8-10H,1H3. The smallest absolute Gasteiger partial charge is 0.0310 e. The summed E-state index contributed by atoms with van der Waals surface area (Å²) >= 11 is 12.7. The first kappa shape index (κ1) is 8.37. The Labute approximate surface area is 77.3 Å². The molecule has 1 rings (SSSR count). The Morgan fingerprint density at radius 2 is 1.60 bits per heavy atom. The minimum absolute atomic E-state index is 0.853. The van der Waals surface area contributed by atoms with Gasteiger partial charge in [0.25, 0.3) is 0 Å². The quantitative estimate of drug-likeness (QED) is 0.512. The minimum atomic E-state index is 0.853. The van der Waals surface area contributed by atoms with Crippen LogP contribution < -0.4 is 0 Å². The van der Waals surface area contributed by atoms with E-state index in [2.05, 4.69) is 37.9 Å². The van der Waals surface area contributed by atoms with Crippen LogP contribution in [0.25, 0.3) is 0 Å². The molecule has 3 heteroatoms. The van der Waals surface area contributed by atoms with E-state index in [0.717, 1.165) is 20.2 Å². The van der Waals surface area contributed by atoms with Gasteiger partial charge in [0.15, 0.2) is 0 Å². The maximum atomic E-state index is 4.26. The van der Waals surface area contributed by atoms with Crippen LogP contribution in [0.3, 0.4) is 0 Å². The van der Waals surface area contributed by atoms with Crippen LogP contribution in [0.15, 0.2) is 26.8 Å². The summed E-state index contributed by atoms with van der Waals surface area (Å²) in [5, 5.41) is 0. The molecule has 0 spiro atoms. The van der Waals surface area contributed by atoms with E-state index in [0.29, 0.717) is 0 Å². The molecule has 10 heavy (non-hydrogen) atoms. The van der Waals surface area contributed by atoms with Crippen LogP contribution in [-0.2, 0) is 0 Å². The number of benzene rings is 1. The summed E-state index contributed by atoms with van der Waals surface area (Å²) in [5.41, 5.74) is 1.13. The van der Waals surface area contributed by atoms with E-state index < -0.39 is 0 Å². The number of thiol groups is 3. The third-order valence-electron chi connectivity index (χ3n) is 1.33. The van der Waals surface area contributed by atoms with Crippen LogP contribution in [0.4, 0.5) is 0 Å². The van der Waals surface area contributed by atoms with Crippen molar-refractivity contribution >= 4 is 37.9 Å². The molecule has 0 heterocycles. The summed E-state index contributed by atoms with van der Waals surface area (Å²) in [6.07, 6.45) is 0. The molecule has 0 radical (unpaired) electrons. The van der Waals surface area contributed by atoms with Crippen molar-refractivity contribution in [3.63, 3.8) is 0 Å². The summed E-state index contributed by atoms with van der Waals surface area (Å²) in [6, 6.07) is 3.89. The molecule has 0 saturated heterocycles. The summed E-state index contributed by atoms with van der Waals surface area (Å²) in [6.45, 7) is 2.00. The van der Waals surface area contributed by atoms with Crippen molar-refractivity contribution in [2.24, 2.45) is 0 Å². The van der Waals surface area contributed by atoms with Crippen LogP contribution in [0.1, 0.15) is 5.56 Å². The number of aryl methyl sites for hydroxylation is 1. The fraction of sp³-hybridized carbons (Fsp3) is 0.143. The Bertz CT molecular complexity index is 228. The van der Waals surface area contributed by atoms with E-state index in [-0.39, 0.29) is 0 Å². The van der Waals surface area contributed by atoms with Crippen molar-refractivity contribution in [1.29, 1.82) is 0 Å². The Balaban J connectivity index is 3.34. The lowest BCUT2D eigenvalue weighted by atomic mass is 10.2. The third-order valence-corrected chi connectivity index (χ3v) is 3.10. The number of hydrogen-bond acceptors (Lipinski definition) is 3. The Kier molecular flexibility index (Phi) is 2.61. The van der Waals surface area contributed by atoms with Crippen LogP contribution in [-0.4, -0.2) is 0 Å². The number of hydrogen-bond donors (Lipinski definition) is 3. The maximum absolute atomic E-state index is 4.26. The van der Waals surface area contributed by atoms with E-state index in [1.807, 2.05) is 19.1 Å². The lowest BCUT2D eigenvalue weighted by Crippen LogP contribution is -1.79. The monoisotopic (exact) mass is 188 g/mol. The Hall–Kier alpha value is 0.270. The Morgan fingerprint density at radius 3 is 2.10 bits per heavy atom. The zero-order valence-corrected chi connectivity index (χ0v) is 8.18. The Morgan fingerprint density at radius 1 is 1.00 bits per heavy atom. The fourth-order valence-corrected chi connectivity index (χ4v) is 1.39. The summed E-state index contributed by atoms with van der Waals surface area (Å²) in [5.74, 6) is 0. The van der Waals surface area contributed by atoms with E-state index in [4.69, 9.17) is 0 Å². The molecule has 0 aliphatic carbocycles. The van der Waals surface area contributed by atoms with Crippen LogP contribution in [0.5, 0.6) is 0 Å². The van der Waals surface area contributed by atoms with Crippen molar-refractivity contribution in [3.8, 4) is 0 Å².